The second-order valence-electron chi connectivity index (χ2n) is 4.99. The van der Waals surface area contributed by atoms with Gasteiger partial charge in [-0.3, -0.25) is 4.79 Å². The third-order valence-electron chi connectivity index (χ3n) is 3.73. The Morgan fingerprint density at radius 3 is 2.64 bits per heavy atom. The molecule has 1 atom stereocenters. The van der Waals surface area contributed by atoms with E-state index in [1.54, 1.807) is 6.92 Å². The first kappa shape index (κ1) is 14.6. The molecular formula is C18H14ClNO2. The molecular weight excluding hydrogens is 298 g/mol. The van der Waals surface area contributed by atoms with Crippen molar-refractivity contribution in [2.75, 3.05) is 12.4 Å². The normalized spacial score (nSPS) is 19.1. The van der Waals surface area contributed by atoms with Crippen molar-refractivity contribution in [3.63, 3.8) is 0 Å². The highest BCUT2D eigenvalue weighted by atomic mass is 35.5. The number of hydrogen-bond acceptors (Lipinski definition) is 2. The number of methoxy groups -OCH3 is 1. The SMILES string of the molecule is CC#CC1(OC)C(=O)Nc2ccc(-c3cccc(Cl)c3)cc21. The highest BCUT2D eigenvalue weighted by Gasteiger charge is 2.46. The second kappa shape index (κ2) is 5.49. The number of anilines is 1. The molecule has 2 aromatic carbocycles. The number of carbonyl (C=O) groups excluding carboxylic acids is 1. The first-order chi connectivity index (χ1) is 10.6. The molecule has 1 N–H and O–H groups in total. The Labute approximate surface area is 134 Å². The Hall–Kier alpha value is -2.28. The summed E-state index contributed by atoms with van der Waals surface area (Å²) in [6.45, 7) is 1.69. The van der Waals surface area contributed by atoms with Crippen LogP contribution in [0.5, 0.6) is 0 Å². The van der Waals surface area contributed by atoms with Crippen molar-refractivity contribution in [2.45, 2.75) is 12.5 Å². The van der Waals surface area contributed by atoms with Crippen molar-refractivity contribution >= 4 is 23.2 Å². The average molecular weight is 312 g/mol. The summed E-state index contributed by atoms with van der Waals surface area (Å²) in [6, 6.07) is 13.3. The highest BCUT2D eigenvalue weighted by molar-refractivity contribution is 6.30. The molecule has 0 fully saturated rings. The van der Waals surface area contributed by atoms with Crippen LogP contribution in [0.3, 0.4) is 0 Å². The lowest BCUT2D eigenvalue weighted by atomic mass is 9.92. The van der Waals surface area contributed by atoms with Crippen molar-refractivity contribution in [1.29, 1.82) is 0 Å². The van der Waals surface area contributed by atoms with E-state index in [4.69, 9.17) is 16.3 Å². The van der Waals surface area contributed by atoms with E-state index in [1.807, 2.05) is 42.5 Å². The molecule has 1 heterocycles. The van der Waals surface area contributed by atoms with Crippen molar-refractivity contribution in [1.82, 2.24) is 0 Å². The zero-order valence-corrected chi connectivity index (χ0v) is 13.0. The van der Waals surface area contributed by atoms with Gasteiger partial charge in [0, 0.05) is 23.4 Å². The summed E-state index contributed by atoms with van der Waals surface area (Å²) in [5, 5.41) is 3.49. The monoisotopic (exact) mass is 311 g/mol. The number of benzene rings is 2. The minimum atomic E-state index is -1.25. The Kier molecular flexibility index (Phi) is 3.66. The van der Waals surface area contributed by atoms with E-state index in [2.05, 4.69) is 17.2 Å². The third-order valence-corrected chi connectivity index (χ3v) is 3.97. The molecule has 0 saturated carbocycles. The van der Waals surface area contributed by atoms with Crippen LogP contribution >= 0.6 is 11.6 Å². The average Bonchev–Trinajstić information content (AvgIpc) is 2.79. The number of ether oxygens (including phenoxy) is 1. The maximum absolute atomic E-state index is 12.3. The van der Waals surface area contributed by atoms with Crippen LogP contribution < -0.4 is 5.32 Å². The molecule has 0 aliphatic carbocycles. The van der Waals surface area contributed by atoms with Crippen molar-refractivity contribution in [3.05, 3.63) is 53.1 Å². The van der Waals surface area contributed by atoms with Crippen molar-refractivity contribution in [2.24, 2.45) is 0 Å². The number of rotatable bonds is 2. The summed E-state index contributed by atoms with van der Waals surface area (Å²) in [5.74, 6) is 5.42. The number of hydrogen-bond donors (Lipinski definition) is 1. The van der Waals surface area contributed by atoms with Gasteiger partial charge in [-0.25, -0.2) is 0 Å². The van der Waals surface area contributed by atoms with Gasteiger partial charge in [0.1, 0.15) is 0 Å². The molecule has 1 aliphatic rings. The van der Waals surface area contributed by atoms with Gasteiger partial charge < -0.3 is 10.1 Å². The van der Waals surface area contributed by atoms with Gasteiger partial charge in [0.25, 0.3) is 5.91 Å². The minimum absolute atomic E-state index is 0.261. The Balaban J connectivity index is 2.18. The standard InChI is InChI=1S/C18H14ClNO2/c1-3-9-18(22-2)15-11-13(7-8-16(15)20-17(18)21)12-5-4-6-14(19)10-12/h4-8,10-11H,1-2H3,(H,20,21). The number of carbonyl (C=O) groups is 1. The predicted molar refractivity (Wildman–Crippen MR) is 87.7 cm³/mol. The van der Waals surface area contributed by atoms with Gasteiger partial charge >= 0.3 is 0 Å². The van der Waals surface area contributed by atoms with E-state index in [1.165, 1.54) is 7.11 Å². The second-order valence-corrected chi connectivity index (χ2v) is 5.42. The van der Waals surface area contributed by atoms with E-state index >= 15 is 0 Å². The van der Waals surface area contributed by atoms with Crippen LogP contribution in [0.1, 0.15) is 12.5 Å². The molecule has 0 radical (unpaired) electrons. The fraction of sp³-hybridized carbons (Fsp3) is 0.167. The quantitative estimate of drug-likeness (QED) is 0.856. The molecule has 4 heteroatoms. The summed E-state index contributed by atoms with van der Waals surface area (Å²) in [4.78, 5) is 12.3. The van der Waals surface area contributed by atoms with Gasteiger partial charge in [-0.05, 0) is 42.3 Å². The molecule has 0 spiro atoms. The minimum Gasteiger partial charge on any atom is -0.353 e. The first-order valence-electron chi connectivity index (χ1n) is 6.81. The van der Waals surface area contributed by atoms with Crippen LogP contribution in [0.2, 0.25) is 5.02 Å². The summed E-state index contributed by atoms with van der Waals surface area (Å²) < 4.78 is 5.48. The summed E-state index contributed by atoms with van der Waals surface area (Å²) in [5.41, 5.74) is 2.13. The molecule has 0 aromatic heterocycles. The molecule has 1 aliphatic heterocycles. The molecule has 0 saturated heterocycles. The van der Waals surface area contributed by atoms with Gasteiger partial charge in [-0.1, -0.05) is 35.7 Å². The fourth-order valence-corrected chi connectivity index (χ4v) is 2.87. The largest absolute Gasteiger partial charge is 0.353 e. The maximum Gasteiger partial charge on any atom is 0.274 e. The lowest BCUT2D eigenvalue weighted by molar-refractivity contribution is -0.131. The Morgan fingerprint density at radius 1 is 1.18 bits per heavy atom. The van der Waals surface area contributed by atoms with E-state index in [-0.39, 0.29) is 5.91 Å². The molecule has 22 heavy (non-hydrogen) atoms. The molecule has 0 bridgehead atoms. The number of nitrogens with one attached hydrogen (secondary N) is 1. The Morgan fingerprint density at radius 2 is 1.95 bits per heavy atom. The van der Waals surface area contributed by atoms with Crippen molar-refractivity contribution < 1.29 is 9.53 Å². The van der Waals surface area contributed by atoms with Crippen LogP contribution in [-0.2, 0) is 15.1 Å². The van der Waals surface area contributed by atoms with Gasteiger partial charge in [-0.2, -0.15) is 0 Å². The van der Waals surface area contributed by atoms with E-state index in [9.17, 15) is 4.79 Å². The zero-order valence-electron chi connectivity index (χ0n) is 12.2. The van der Waals surface area contributed by atoms with Crippen molar-refractivity contribution in [3.8, 4) is 23.0 Å². The van der Waals surface area contributed by atoms with Gasteiger partial charge in [0.05, 0.1) is 0 Å². The number of amides is 1. The van der Waals surface area contributed by atoms with Crippen LogP contribution in [0.15, 0.2) is 42.5 Å². The zero-order chi connectivity index (χ0) is 15.7. The van der Waals surface area contributed by atoms with Gasteiger partial charge in [-0.15, -0.1) is 5.92 Å². The molecule has 3 nitrogen and oxygen atoms in total. The predicted octanol–water partition coefficient (Wildman–Crippen LogP) is 3.82. The fourth-order valence-electron chi connectivity index (χ4n) is 2.68. The maximum atomic E-state index is 12.3. The third kappa shape index (κ3) is 2.18. The molecule has 2 aromatic rings. The van der Waals surface area contributed by atoms with Gasteiger partial charge in [0.2, 0.25) is 5.60 Å². The van der Waals surface area contributed by atoms with Gasteiger partial charge in [0.15, 0.2) is 0 Å². The summed E-state index contributed by atoms with van der Waals surface area (Å²) in [7, 11) is 1.49. The van der Waals surface area contributed by atoms with E-state index in [0.29, 0.717) is 5.02 Å². The van der Waals surface area contributed by atoms with E-state index < -0.39 is 5.60 Å². The number of fused-ring (bicyclic) bond motifs is 1. The van der Waals surface area contributed by atoms with Crippen LogP contribution in [0.4, 0.5) is 5.69 Å². The van der Waals surface area contributed by atoms with E-state index in [0.717, 1.165) is 22.4 Å². The Bertz CT molecular complexity index is 819. The topological polar surface area (TPSA) is 38.3 Å². The van der Waals surface area contributed by atoms with Crippen LogP contribution in [0, 0.1) is 11.8 Å². The van der Waals surface area contributed by atoms with Crippen LogP contribution in [0.25, 0.3) is 11.1 Å². The first-order valence-corrected chi connectivity index (χ1v) is 7.19. The lowest BCUT2D eigenvalue weighted by Gasteiger charge is -2.19. The molecule has 110 valence electrons. The highest BCUT2D eigenvalue weighted by Crippen LogP contribution is 2.40. The molecule has 1 unspecified atom stereocenters. The van der Waals surface area contributed by atoms with Crippen LogP contribution in [-0.4, -0.2) is 13.0 Å². The summed E-state index contributed by atoms with van der Waals surface area (Å²) in [6.07, 6.45) is 0. The number of halogens is 1. The molecule has 1 amide bonds. The lowest BCUT2D eigenvalue weighted by Crippen LogP contribution is -2.34. The smallest absolute Gasteiger partial charge is 0.274 e. The summed E-state index contributed by atoms with van der Waals surface area (Å²) >= 11 is 6.05. The molecule has 3 rings (SSSR count).